The molecule has 1 unspecified atom stereocenters. The number of hydrogen-bond donors (Lipinski definition) is 1. The Balaban J connectivity index is 2.44. The maximum atomic E-state index is 6.21. The van der Waals surface area contributed by atoms with E-state index in [0.29, 0.717) is 0 Å². The molecule has 0 bridgehead atoms. The predicted molar refractivity (Wildman–Crippen MR) is 68.7 cm³/mol. The molecule has 0 aliphatic rings. The minimum atomic E-state index is 0.190. The van der Waals surface area contributed by atoms with Gasteiger partial charge < -0.3 is 5.73 Å². The van der Waals surface area contributed by atoms with Crippen molar-refractivity contribution in [3.8, 4) is 0 Å². The van der Waals surface area contributed by atoms with Crippen LogP contribution in [0, 0.1) is 0 Å². The van der Waals surface area contributed by atoms with Gasteiger partial charge in [-0.25, -0.2) is 0 Å². The van der Waals surface area contributed by atoms with E-state index in [1.165, 1.54) is 0 Å². The van der Waals surface area contributed by atoms with Gasteiger partial charge in [-0.2, -0.15) is 0 Å². The van der Waals surface area contributed by atoms with E-state index in [1.54, 1.807) is 6.20 Å². The molecular formula is C13H15ClN2. The van der Waals surface area contributed by atoms with Gasteiger partial charge in [0, 0.05) is 22.6 Å². The van der Waals surface area contributed by atoms with Crippen LogP contribution in [0.5, 0.6) is 0 Å². The first-order valence-corrected chi connectivity index (χ1v) is 5.84. The first kappa shape index (κ1) is 11.4. The lowest BCUT2D eigenvalue weighted by Crippen LogP contribution is -2.15. The van der Waals surface area contributed by atoms with Crippen molar-refractivity contribution in [1.29, 1.82) is 0 Å². The van der Waals surface area contributed by atoms with Gasteiger partial charge in [-0.3, -0.25) is 4.98 Å². The van der Waals surface area contributed by atoms with Gasteiger partial charge in [-0.15, -0.1) is 0 Å². The van der Waals surface area contributed by atoms with Crippen molar-refractivity contribution in [3.05, 3.63) is 41.0 Å². The summed E-state index contributed by atoms with van der Waals surface area (Å²) in [5, 5.41) is 1.92. The minimum absolute atomic E-state index is 0.190. The van der Waals surface area contributed by atoms with Crippen LogP contribution in [0.25, 0.3) is 10.9 Å². The van der Waals surface area contributed by atoms with E-state index in [9.17, 15) is 0 Å². The van der Waals surface area contributed by atoms with E-state index in [4.69, 9.17) is 17.3 Å². The average Bonchev–Trinajstić information content (AvgIpc) is 2.27. The summed E-state index contributed by atoms with van der Waals surface area (Å²) < 4.78 is 0. The second-order valence-electron chi connectivity index (χ2n) is 4.12. The van der Waals surface area contributed by atoms with Crippen molar-refractivity contribution in [2.45, 2.75) is 25.8 Å². The summed E-state index contributed by atoms with van der Waals surface area (Å²) in [6.07, 6.45) is 3.61. The number of rotatable bonds is 3. The third-order valence-electron chi connectivity index (χ3n) is 2.67. The Morgan fingerprint density at radius 3 is 2.94 bits per heavy atom. The highest BCUT2D eigenvalue weighted by Gasteiger charge is 2.07. The van der Waals surface area contributed by atoms with Gasteiger partial charge in [0.2, 0.25) is 0 Å². The molecule has 2 N–H and O–H groups in total. The quantitative estimate of drug-likeness (QED) is 0.886. The average molecular weight is 235 g/mol. The van der Waals surface area contributed by atoms with Gasteiger partial charge in [0.1, 0.15) is 0 Å². The lowest BCUT2D eigenvalue weighted by molar-refractivity contribution is 0.667. The van der Waals surface area contributed by atoms with Crippen LogP contribution >= 0.6 is 11.6 Å². The highest BCUT2D eigenvalue weighted by atomic mass is 35.5. The molecule has 0 spiro atoms. The number of aromatic nitrogens is 1. The SMILES string of the molecule is CC(N)CCc1c(Cl)ccc2cccnc12. The lowest BCUT2D eigenvalue weighted by Gasteiger charge is -2.09. The fourth-order valence-electron chi connectivity index (χ4n) is 1.79. The molecule has 2 nitrogen and oxygen atoms in total. The van der Waals surface area contributed by atoms with Gasteiger partial charge >= 0.3 is 0 Å². The van der Waals surface area contributed by atoms with Crippen LogP contribution in [0.2, 0.25) is 5.02 Å². The Morgan fingerprint density at radius 1 is 1.38 bits per heavy atom. The second-order valence-corrected chi connectivity index (χ2v) is 4.52. The summed E-state index contributed by atoms with van der Waals surface area (Å²) in [5.41, 5.74) is 7.88. The van der Waals surface area contributed by atoms with Crippen LogP contribution in [-0.4, -0.2) is 11.0 Å². The largest absolute Gasteiger partial charge is 0.328 e. The van der Waals surface area contributed by atoms with Gasteiger partial charge in [-0.05, 0) is 37.5 Å². The molecule has 0 aliphatic heterocycles. The van der Waals surface area contributed by atoms with Gasteiger partial charge in [0.25, 0.3) is 0 Å². The molecule has 1 heterocycles. The van der Waals surface area contributed by atoms with Crippen molar-refractivity contribution in [2.75, 3.05) is 0 Å². The number of halogens is 1. The van der Waals surface area contributed by atoms with Crippen molar-refractivity contribution in [1.82, 2.24) is 4.98 Å². The molecule has 0 radical (unpaired) electrons. The summed E-state index contributed by atoms with van der Waals surface area (Å²) in [6.45, 7) is 2.01. The fraction of sp³-hybridized carbons (Fsp3) is 0.308. The zero-order chi connectivity index (χ0) is 11.5. The van der Waals surface area contributed by atoms with Crippen LogP contribution in [0.15, 0.2) is 30.5 Å². The molecule has 84 valence electrons. The molecule has 1 aromatic carbocycles. The Bertz CT molecular complexity index is 494. The summed E-state index contributed by atoms with van der Waals surface area (Å²) in [6, 6.07) is 8.11. The maximum absolute atomic E-state index is 6.21. The van der Waals surface area contributed by atoms with Crippen LogP contribution in [0.1, 0.15) is 18.9 Å². The summed E-state index contributed by atoms with van der Waals surface area (Å²) in [4.78, 5) is 4.39. The van der Waals surface area contributed by atoms with E-state index in [1.807, 2.05) is 31.2 Å². The molecule has 0 saturated carbocycles. The molecule has 2 aromatic rings. The second kappa shape index (κ2) is 4.81. The molecule has 0 amide bonds. The van der Waals surface area contributed by atoms with Crippen LogP contribution in [0.4, 0.5) is 0 Å². The number of hydrogen-bond acceptors (Lipinski definition) is 2. The number of aryl methyl sites for hydroxylation is 1. The third kappa shape index (κ3) is 2.34. The normalized spacial score (nSPS) is 12.9. The monoisotopic (exact) mass is 234 g/mol. The van der Waals surface area contributed by atoms with Crippen LogP contribution in [-0.2, 0) is 6.42 Å². The van der Waals surface area contributed by atoms with E-state index in [2.05, 4.69) is 4.98 Å². The van der Waals surface area contributed by atoms with Crippen LogP contribution in [0.3, 0.4) is 0 Å². The Morgan fingerprint density at radius 2 is 2.19 bits per heavy atom. The van der Waals surface area contributed by atoms with E-state index < -0.39 is 0 Å². The van der Waals surface area contributed by atoms with Crippen molar-refractivity contribution < 1.29 is 0 Å². The molecule has 1 atom stereocenters. The standard InChI is InChI=1S/C13H15ClN2/c1-9(15)4-6-11-12(14)7-5-10-3-2-8-16-13(10)11/h2-3,5,7-9H,4,6,15H2,1H3. The van der Waals surface area contributed by atoms with Gasteiger partial charge in [-0.1, -0.05) is 23.7 Å². The van der Waals surface area contributed by atoms with Crippen molar-refractivity contribution in [2.24, 2.45) is 5.73 Å². The summed E-state index contributed by atoms with van der Waals surface area (Å²) in [5.74, 6) is 0. The van der Waals surface area contributed by atoms with E-state index in [0.717, 1.165) is 34.3 Å². The molecule has 16 heavy (non-hydrogen) atoms. The van der Waals surface area contributed by atoms with Gasteiger partial charge in [0.05, 0.1) is 5.52 Å². The van der Waals surface area contributed by atoms with Crippen molar-refractivity contribution >= 4 is 22.5 Å². The number of nitrogens with two attached hydrogens (primary N) is 1. The molecule has 3 heteroatoms. The molecule has 2 rings (SSSR count). The fourth-order valence-corrected chi connectivity index (χ4v) is 2.04. The Labute approximate surface area is 100 Å². The maximum Gasteiger partial charge on any atom is 0.0748 e. The highest BCUT2D eigenvalue weighted by Crippen LogP contribution is 2.25. The molecule has 0 saturated heterocycles. The first-order chi connectivity index (χ1) is 7.68. The number of fused-ring (bicyclic) bond motifs is 1. The molecule has 0 fully saturated rings. The highest BCUT2D eigenvalue weighted by molar-refractivity contribution is 6.32. The zero-order valence-electron chi connectivity index (χ0n) is 9.28. The molecule has 0 aliphatic carbocycles. The van der Waals surface area contributed by atoms with E-state index in [-0.39, 0.29) is 6.04 Å². The number of pyridine rings is 1. The Hall–Kier alpha value is -1.12. The number of nitrogens with zero attached hydrogens (tertiary/aromatic N) is 1. The van der Waals surface area contributed by atoms with E-state index >= 15 is 0 Å². The first-order valence-electron chi connectivity index (χ1n) is 5.46. The molecular weight excluding hydrogens is 220 g/mol. The number of benzene rings is 1. The van der Waals surface area contributed by atoms with Crippen molar-refractivity contribution in [3.63, 3.8) is 0 Å². The lowest BCUT2D eigenvalue weighted by atomic mass is 10.0. The smallest absolute Gasteiger partial charge is 0.0748 e. The zero-order valence-corrected chi connectivity index (χ0v) is 10.0. The minimum Gasteiger partial charge on any atom is -0.328 e. The third-order valence-corrected chi connectivity index (χ3v) is 3.03. The predicted octanol–water partition coefficient (Wildman–Crippen LogP) is 3.17. The summed E-state index contributed by atoms with van der Waals surface area (Å²) >= 11 is 6.21. The van der Waals surface area contributed by atoms with Gasteiger partial charge in [0.15, 0.2) is 0 Å². The topological polar surface area (TPSA) is 38.9 Å². The Kier molecular flexibility index (Phi) is 3.42. The molecule has 1 aromatic heterocycles. The van der Waals surface area contributed by atoms with Crippen LogP contribution < -0.4 is 5.73 Å². The summed E-state index contributed by atoms with van der Waals surface area (Å²) in [7, 11) is 0.